The molecule has 0 fully saturated rings. The van der Waals surface area contributed by atoms with Crippen LogP contribution in [0.5, 0.6) is 11.5 Å². The van der Waals surface area contributed by atoms with Gasteiger partial charge in [-0.25, -0.2) is 0 Å². The molecule has 0 atom stereocenters. The zero-order valence-corrected chi connectivity index (χ0v) is 14.3. The van der Waals surface area contributed by atoms with E-state index in [0.29, 0.717) is 36.3 Å². The molecule has 0 aliphatic carbocycles. The number of hydrogen-bond donors (Lipinski definition) is 1. The second-order valence-corrected chi connectivity index (χ2v) is 6.09. The third kappa shape index (κ3) is 4.88. The van der Waals surface area contributed by atoms with Crippen LogP contribution in [0.25, 0.3) is 0 Å². The third-order valence-corrected chi connectivity index (χ3v) is 4.17. The van der Waals surface area contributed by atoms with Crippen molar-refractivity contribution < 1.29 is 14.2 Å². The summed E-state index contributed by atoms with van der Waals surface area (Å²) < 4.78 is 16.2. The Kier molecular flexibility index (Phi) is 6.99. The van der Waals surface area contributed by atoms with Gasteiger partial charge in [0.1, 0.15) is 6.61 Å². The average Bonchev–Trinajstić information content (AvgIpc) is 3.03. The predicted molar refractivity (Wildman–Crippen MR) is 90.2 cm³/mol. The standard InChI is InChI=1S/C16H20ClNO3S/c1-19-6-5-18-10-12-8-14(17)16(15(9-12)20-2)21-11-13-4-3-7-22-13/h3-4,7-9,18H,5-6,10-11H2,1-2H3. The van der Waals surface area contributed by atoms with Gasteiger partial charge in [0.05, 0.1) is 18.7 Å². The zero-order valence-electron chi connectivity index (χ0n) is 12.7. The van der Waals surface area contributed by atoms with Crippen LogP contribution in [0.3, 0.4) is 0 Å². The summed E-state index contributed by atoms with van der Waals surface area (Å²) in [4.78, 5) is 1.14. The van der Waals surface area contributed by atoms with E-state index in [1.165, 1.54) is 0 Å². The number of halogens is 1. The van der Waals surface area contributed by atoms with Crippen LogP contribution < -0.4 is 14.8 Å². The first-order valence-corrected chi connectivity index (χ1v) is 8.21. The zero-order chi connectivity index (χ0) is 15.8. The SMILES string of the molecule is COCCNCc1cc(Cl)c(OCc2cccs2)c(OC)c1. The summed E-state index contributed by atoms with van der Waals surface area (Å²) in [5, 5.41) is 5.85. The van der Waals surface area contributed by atoms with Crippen molar-refractivity contribution >= 4 is 22.9 Å². The van der Waals surface area contributed by atoms with E-state index in [1.54, 1.807) is 25.6 Å². The molecule has 0 radical (unpaired) electrons. The van der Waals surface area contributed by atoms with Gasteiger partial charge >= 0.3 is 0 Å². The molecule has 0 aliphatic heterocycles. The highest BCUT2D eigenvalue weighted by molar-refractivity contribution is 7.09. The number of nitrogens with one attached hydrogen (secondary N) is 1. The summed E-state index contributed by atoms with van der Waals surface area (Å²) >= 11 is 7.99. The summed E-state index contributed by atoms with van der Waals surface area (Å²) in [7, 11) is 3.30. The number of thiophene rings is 1. The van der Waals surface area contributed by atoms with E-state index in [0.717, 1.165) is 17.0 Å². The van der Waals surface area contributed by atoms with Crippen LogP contribution in [0.1, 0.15) is 10.4 Å². The lowest BCUT2D eigenvalue weighted by atomic mass is 10.2. The Balaban J connectivity index is 2.03. The molecule has 22 heavy (non-hydrogen) atoms. The molecule has 6 heteroatoms. The molecule has 0 saturated carbocycles. The van der Waals surface area contributed by atoms with Gasteiger partial charge < -0.3 is 19.5 Å². The van der Waals surface area contributed by atoms with Crippen LogP contribution in [0.15, 0.2) is 29.6 Å². The Morgan fingerprint density at radius 3 is 2.82 bits per heavy atom. The van der Waals surface area contributed by atoms with Crippen LogP contribution >= 0.6 is 22.9 Å². The molecule has 1 heterocycles. The quantitative estimate of drug-likeness (QED) is 0.705. The van der Waals surface area contributed by atoms with E-state index in [9.17, 15) is 0 Å². The minimum atomic E-state index is 0.485. The van der Waals surface area contributed by atoms with Gasteiger partial charge in [-0.3, -0.25) is 0 Å². The van der Waals surface area contributed by atoms with E-state index in [-0.39, 0.29) is 0 Å². The molecule has 0 bridgehead atoms. The van der Waals surface area contributed by atoms with Crippen molar-refractivity contribution in [2.24, 2.45) is 0 Å². The van der Waals surface area contributed by atoms with Crippen LogP contribution in [-0.2, 0) is 17.9 Å². The highest BCUT2D eigenvalue weighted by atomic mass is 35.5. The summed E-state index contributed by atoms with van der Waals surface area (Å²) in [6.45, 7) is 2.64. The minimum absolute atomic E-state index is 0.485. The molecule has 0 unspecified atom stereocenters. The average molecular weight is 342 g/mol. The van der Waals surface area contributed by atoms with E-state index < -0.39 is 0 Å². The molecule has 4 nitrogen and oxygen atoms in total. The number of ether oxygens (including phenoxy) is 3. The lowest BCUT2D eigenvalue weighted by Crippen LogP contribution is -2.18. The van der Waals surface area contributed by atoms with Gasteiger partial charge in [0.2, 0.25) is 0 Å². The maximum Gasteiger partial charge on any atom is 0.180 e. The van der Waals surface area contributed by atoms with E-state index in [2.05, 4.69) is 5.32 Å². The summed E-state index contributed by atoms with van der Waals surface area (Å²) in [5.74, 6) is 1.23. The first-order valence-electron chi connectivity index (χ1n) is 6.96. The fourth-order valence-electron chi connectivity index (χ4n) is 1.96. The summed E-state index contributed by atoms with van der Waals surface area (Å²) in [6, 6.07) is 7.86. The van der Waals surface area contributed by atoms with Crippen LogP contribution in [0, 0.1) is 0 Å². The molecule has 120 valence electrons. The molecule has 1 N–H and O–H groups in total. The fraction of sp³-hybridized carbons (Fsp3) is 0.375. The molecule has 2 aromatic rings. The van der Waals surface area contributed by atoms with Crippen molar-refractivity contribution in [1.82, 2.24) is 5.32 Å². The Morgan fingerprint density at radius 1 is 1.27 bits per heavy atom. The fourth-order valence-corrected chi connectivity index (χ4v) is 2.86. The minimum Gasteiger partial charge on any atom is -0.493 e. The monoisotopic (exact) mass is 341 g/mol. The van der Waals surface area contributed by atoms with Gasteiger partial charge in [0.15, 0.2) is 11.5 Å². The number of rotatable bonds is 9. The third-order valence-electron chi connectivity index (χ3n) is 3.04. The first-order chi connectivity index (χ1) is 10.7. The van der Waals surface area contributed by atoms with Crippen LogP contribution in [0.2, 0.25) is 5.02 Å². The Labute approximate surface area is 140 Å². The highest BCUT2D eigenvalue weighted by Gasteiger charge is 2.12. The lowest BCUT2D eigenvalue weighted by Gasteiger charge is -2.14. The van der Waals surface area contributed by atoms with Crippen molar-refractivity contribution in [3.63, 3.8) is 0 Å². The van der Waals surface area contributed by atoms with E-state index >= 15 is 0 Å². The Bertz CT molecular complexity index is 575. The molecular weight excluding hydrogens is 322 g/mol. The van der Waals surface area contributed by atoms with Crippen molar-refractivity contribution in [1.29, 1.82) is 0 Å². The van der Waals surface area contributed by atoms with Crippen molar-refractivity contribution in [2.75, 3.05) is 27.4 Å². The highest BCUT2D eigenvalue weighted by Crippen LogP contribution is 2.37. The molecule has 0 saturated heterocycles. The Morgan fingerprint density at radius 2 is 2.14 bits per heavy atom. The second-order valence-electron chi connectivity index (χ2n) is 4.65. The van der Waals surface area contributed by atoms with Crippen LogP contribution in [-0.4, -0.2) is 27.4 Å². The molecule has 1 aromatic carbocycles. The molecule has 0 spiro atoms. The van der Waals surface area contributed by atoms with Gasteiger partial charge in [0, 0.05) is 25.1 Å². The van der Waals surface area contributed by atoms with E-state index in [1.807, 2.05) is 29.6 Å². The lowest BCUT2D eigenvalue weighted by molar-refractivity contribution is 0.199. The van der Waals surface area contributed by atoms with E-state index in [4.69, 9.17) is 25.8 Å². The van der Waals surface area contributed by atoms with Gasteiger partial charge in [-0.15, -0.1) is 11.3 Å². The number of hydrogen-bond acceptors (Lipinski definition) is 5. The molecule has 1 aromatic heterocycles. The molecule has 0 aliphatic rings. The van der Waals surface area contributed by atoms with Gasteiger partial charge in [-0.1, -0.05) is 17.7 Å². The van der Waals surface area contributed by atoms with Crippen molar-refractivity contribution in [3.8, 4) is 11.5 Å². The number of methoxy groups -OCH3 is 2. The Hall–Kier alpha value is -1.27. The van der Waals surface area contributed by atoms with Crippen molar-refractivity contribution in [3.05, 3.63) is 45.1 Å². The molecule has 0 amide bonds. The topological polar surface area (TPSA) is 39.7 Å². The van der Waals surface area contributed by atoms with Gasteiger partial charge in [-0.2, -0.15) is 0 Å². The van der Waals surface area contributed by atoms with Gasteiger partial charge in [-0.05, 0) is 29.1 Å². The van der Waals surface area contributed by atoms with Crippen molar-refractivity contribution in [2.45, 2.75) is 13.2 Å². The maximum atomic E-state index is 6.34. The summed E-state index contributed by atoms with van der Waals surface area (Å²) in [5.41, 5.74) is 1.04. The van der Waals surface area contributed by atoms with Gasteiger partial charge in [0.25, 0.3) is 0 Å². The summed E-state index contributed by atoms with van der Waals surface area (Å²) in [6.07, 6.45) is 0. The van der Waals surface area contributed by atoms with Crippen LogP contribution in [0.4, 0.5) is 0 Å². The predicted octanol–water partition coefficient (Wildman–Crippen LogP) is 3.73. The second kappa shape index (κ2) is 9.00. The largest absolute Gasteiger partial charge is 0.493 e. The smallest absolute Gasteiger partial charge is 0.180 e. The first kappa shape index (κ1) is 17.1. The molecular formula is C16H20ClNO3S. The molecule has 2 rings (SSSR count). The number of benzene rings is 1. The maximum absolute atomic E-state index is 6.34. The normalized spacial score (nSPS) is 10.7.